The van der Waals surface area contributed by atoms with E-state index >= 15 is 0 Å². The van der Waals surface area contributed by atoms with Crippen molar-refractivity contribution in [3.8, 4) is 16.9 Å². The van der Waals surface area contributed by atoms with Crippen LogP contribution in [0.1, 0.15) is 18.9 Å². The Morgan fingerprint density at radius 2 is 1.85 bits per heavy atom. The van der Waals surface area contributed by atoms with Crippen molar-refractivity contribution in [1.29, 1.82) is 0 Å². The molecule has 0 bridgehead atoms. The highest BCUT2D eigenvalue weighted by Crippen LogP contribution is 2.17. The van der Waals surface area contributed by atoms with E-state index in [4.69, 9.17) is 4.74 Å². The third-order valence-electron chi connectivity index (χ3n) is 3.93. The Hall–Kier alpha value is -3.08. The summed E-state index contributed by atoms with van der Waals surface area (Å²) in [5, 5.41) is 7.19. The molecule has 3 aromatic rings. The zero-order valence-electron chi connectivity index (χ0n) is 14.9. The molecule has 0 unspecified atom stereocenters. The topological polar surface area (TPSA) is 56.1 Å². The van der Waals surface area contributed by atoms with Crippen LogP contribution in [0.3, 0.4) is 0 Å². The average molecular weight is 349 g/mol. The smallest absolute Gasteiger partial charge is 0.241 e. The number of carbonyl (C=O) groups excluding carboxylic acids is 1. The minimum absolute atomic E-state index is 0.0704. The Kier molecular flexibility index (Phi) is 6.04. The SMILES string of the molecule is CCCOc1ccc(CNC(=O)Cn2cc(-c3ccccc3)cn2)cc1. The van der Waals surface area contributed by atoms with Crippen LogP contribution in [0.15, 0.2) is 67.0 Å². The van der Waals surface area contributed by atoms with Gasteiger partial charge in [-0.25, -0.2) is 0 Å². The third kappa shape index (κ3) is 4.96. The fourth-order valence-electron chi connectivity index (χ4n) is 2.56. The predicted molar refractivity (Wildman–Crippen MR) is 102 cm³/mol. The molecule has 0 saturated heterocycles. The molecule has 0 radical (unpaired) electrons. The van der Waals surface area contributed by atoms with Gasteiger partial charge in [-0.15, -0.1) is 0 Å². The quantitative estimate of drug-likeness (QED) is 0.675. The second kappa shape index (κ2) is 8.85. The first-order valence-electron chi connectivity index (χ1n) is 8.81. The highest BCUT2D eigenvalue weighted by molar-refractivity contribution is 5.75. The summed E-state index contributed by atoms with van der Waals surface area (Å²) in [6, 6.07) is 17.8. The first kappa shape index (κ1) is 17.7. The number of ether oxygens (including phenoxy) is 1. The van der Waals surface area contributed by atoms with E-state index in [1.165, 1.54) is 0 Å². The number of hydrogen-bond acceptors (Lipinski definition) is 3. The summed E-state index contributed by atoms with van der Waals surface area (Å²) in [7, 11) is 0. The maximum Gasteiger partial charge on any atom is 0.241 e. The first-order chi connectivity index (χ1) is 12.7. The summed E-state index contributed by atoms with van der Waals surface area (Å²) in [6.07, 6.45) is 4.64. The van der Waals surface area contributed by atoms with E-state index in [9.17, 15) is 4.79 Å². The number of benzene rings is 2. The van der Waals surface area contributed by atoms with Crippen molar-refractivity contribution in [2.45, 2.75) is 26.4 Å². The van der Waals surface area contributed by atoms with E-state index in [1.54, 1.807) is 10.9 Å². The Morgan fingerprint density at radius 1 is 1.08 bits per heavy atom. The highest BCUT2D eigenvalue weighted by Gasteiger charge is 2.06. The zero-order valence-corrected chi connectivity index (χ0v) is 14.9. The monoisotopic (exact) mass is 349 g/mol. The molecular formula is C21H23N3O2. The third-order valence-corrected chi connectivity index (χ3v) is 3.93. The molecule has 0 saturated carbocycles. The largest absolute Gasteiger partial charge is 0.494 e. The van der Waals surface area contributed by atoms with Crippen molar-refractivity contribution >= 4 is 5.91 Å². The summed E-state index contributed by atoms with van der Waals surface area (Å²) in [5.74, 6) is 0.783. The summed E-state index contributed by atoms with van der Waals surface area (Å²) in [4.78, 5) is 12.1. The molecule has 26 heavy (non-hydrogen) atoms. The number of nitrogens with one attached hydrogen (secondary N) is 1. The van der Waals surface area contributed by atoms with Gasteiger partial charge < -0.3 is 10.1 Å². The van der Waals surface area contributed by atoms with Gasteiger partial charge in [-0.2, -0.15) is 5.10 Å². The van der Waals surface area contributed by atoms with Gasteiger partial charge in [-0.05, 0) is 29.7 Å². The minimum atomic E-state index is -0.0704. The van der Waals surface area contributed by atoms with Crippen LogP contribution in [0, 0.1) is 0 Å². The molecule has 0 spiro atoms. The van der Waals surface area contributed by atoms with Gasteiger partial charge in [0.05, 0.1) is 12.8 Å². The molecular weight excluding hydrogens is 326 g/mol. The Bertz CT molecular complexity index is 826. The van der Waals surface area contributed by atoms with Gasteiger partial charge in [0.1, 0.15) is 12.3 Å². The summed E-state index contributed by atoms with van der Waals surface area (Å²) in [5.41, 5.74) is 3.12. The lowest BCUT2D eigenvalue weighted by molar-refractivity contribution is -0.122. The normalized spacial score (nSPS) is 10.5. The number of hydrogen-bond donors (Lipinski definition) is 1. The van der Waals surface area contributed by atoms with E-state index in [0.717, 1.165) is 28.9 Å². The van der Waals surface area contributed by atoms with Gasteiger partial charge >= 0.3 is 0 Å². The second-order valence-electron chi connectivity index (χ2n) is 6.06. The number of aromatic nitrogens is 2. The Labute approximate surface area is 153 Å². The molecule has 0 aliphatic heterocycles. The molecule has 3 rings (SSSR count). The molecule has 0 fully saturated rings. The average Bonchev–Trinajstić information content (AvgIpc) is 3.14. The Morgan fingerprint density at radius 3 is 2.58 bits per heavy atom. The van der Waals surface area contributed by atoms with Crippen molar-refractivity contribution in [2.75, 3.05) is 6.61 Å². The van der Waals surface area contributed by atoms with Crippen LogP contribution in [0.2, 0.25) is 0 Å². The van der Waals surface area contributed by atoms with Gasteiger partial charge in [-0.1, -0.05) is 49.4 Å². The number of carbonyl (C=O) groups is 1. The van der Waals surface area contributed by atoms with Gasteiger partial charge in [0.2, 0.25) is 5.91 Å². The lowest BCUT2D eigenvalue weighted by atomic mass is 10.1. The van der Waals surface area contributed by atoms with Crippen LogP contribution < -0.4 is 10.1 Å². The molecule has 1 heterocycles. The van der Waals surface area contributed by atoms with E-state index in [0.29, 0.717) is 13.2 Å². The second-order valence-corrected chi connectivity index (χ2v) is 6.06. The summed E-state index contributed by atoms with van der Waals surface area (Å²) < 4.78 is 7.21. The first-order valence-corrected chi connectivity index (χ1v) is 8.81. The number of amides is 1. The van der Waals surface area contributed by atoms with Crippen molar-refractivity contribution in [2.24, 2.45) is 0 Å². The molecule has 1 aromatic heterocycles. The van der Waals surface area contributed by atoms with Crippen molar-refractivity contribution in [1.82, 2.24) is 15.1 Å². The lowest BCUT2D eigenvalue weighted by Crippen LogP contribution is -2.27. The van der Waals surface area contributed by atoms with Gasteiger partial charge in [-0.3, -0.25) is 9.48 Å². The van der Waals surface area contributed by atoms with Gasteiger partial charge in [0.15, 0.2) is 0 Å². The molecule has 5 heteroatoms. The number of nitrogens with zero attached hydrogens (tertiary/aromatic N) is 2. The lowest BCUT2D eigenvalue weighted by Gasteiger charge is -2.08. The highest BCUT2D eigenvalue weighted by atomic mass is 16.5. The van der Waals surface area contributed by atoms with Crippen molar-refractivity contribution < 1.29 is 9.53 Å². The maximum absolute atomic E-state index is 12.1. The fraction of sp³-hybridized carbons (Fsp3) is 0.238. The van der Waals surface area contributed by atoms with E-state index in [1.807, 2.05) is 60.8 Å². The van der Waals surface area contributed by atoms with E-state index in [2.05, 4.69) is 17.3 Å². The molecule has 0 aliphatic rings. The van der Waals surface area contributed by atoms with Crippen LogP contribution >= 0.6 is 0 Å². The predicted octanol–water partition coefficient (Wildman–Crippen LogP) is 3.66. The minimum Gasteiger partial charge on any atom is -0.494 e. The number of rotatable bonds is 8. The molecule has 2 aromatic carbocycles. The van der Waals surface area contributed by atoms with Gasteiger partial charge in [0, 0.05) is 18.3 Å². The Balaban J connectivity index is 1.49. The van der Waals surface area contributed by atoms with Crippen LogP contribution in [-0.2, 0) is 17.9 Å². The zero-order chi connectivity index (χ0) is 18.2. The van der Waals surface area contributed by atoms with Crippen LogP contribution in [-0.4, -0.2) is 22.3 Å². The molecule has 5 nitrogen and oxygen atoms in total. The van der Waals surface area contributed by atoms with Gasteiger partial charge in [0.25, 0.3) is 0 Å². The molecule has 0 aliphatic carbocycles. The van der Waals surface area contributed by atoms with Crippen LogP contribution in [0.4, 0.5) is 0 Å². The van der Waals surface area contributed by atoms with E-state index < -0.39 is 0 Å². The van der Waals surface area contributed by atoms with Crippen LogP contribution in [0.5, 0.6) is 5.75 Å². The molecule has 1 amide bonds. The fourth-order valence-corrected chi connectivity index (χ4v) is 2.56. The standard InChI is InChI=1S/C21H23N3O2/c1-2-12-26-20-10-8-17(9-11-20)13-22-21(25)16-24-15-19(14-23-24)18-6-4-3-5-7-18/h3-11,14-15H,2,12-13,16H2,1H3,(H,22,25). The van der Waals surface area contributed by atoms with Crippen molar-refractivity contribution in [3.63, 3.8) is 0 Å². The van der Waals surface area contributed by atoms with Crippen molar-refractivity contribution in [3.05, 3.63) is 72.6 Å². The maximum atomic E-state index is 12.1. The summed E-state index contributed by atoms with van der Waals surface area (Å²) >= 11 is 0. The summed E-state index contributed by atoms with van der Waals surface area (Å²) in [6.45, 7) is 3.47. The van der Waals surface area contributed by atoms with Crippen LogP contribution in [0.25, 0.3) is 11.1 Å². The van der Waals surface area contributed by atoms with E-state index in [-0.39, 0.29) is 12.5 Å². The molecule has 134 valence electrons. The molecule has 0 atom stereocenters. The molecule has 1 N–H and O–H groups in total.